The summed E-state index contributed by atoms with van der Waals surface area (Å²) in [4.78, 5) is 14.4. The fraction of sp³-hybridized carbons (Fsp3) is 0.929. The molecule has 1 amide bonds. The number of carbonyl (C=O) groups excluding carboxylic acids is 1. The molecule has 104 valence electrons. The summed E-state index contributed by atoms with van der Waals surface area (Å²) in [7, 11) is 0. The monoisotopic (exact) mass is 253 g/mol. The summed E-state index contributed by atoms with van der Waals surface area (Å²) in [6.45, 7) is 8.32. The minimum absolute atomic E-state index is 0.0269. The lowest BCUT2D eigenvalue weighted by atomic mass is 10.1. The van der Waals surface area contributed by atoms with E-state index in [2.05, 4.69) is 22.5 Å². The van der Waals surface area contributed by atoms with Gasteiger partial charge in [0, 0.05) is 25.7 Å². The maximum absolute atomic E-state index is 12.0. The molecule has 2 saturated heterocycles. The highest BCUT2D eigenvalue weighted by atomic mass is 16.2. The Morgan fingerprint density at radius 1 is 1.44 bits per heavy atom. The van der Waals surface area contributed by atoms with Crippen molar-refractivity contribution in [3.63, 3.8) is 0 Å². The van der Waals surface area contributed by atoms with Crippen LogP contribution < -0.4 is 10.6 Å². The van der Waals surface area contributed by atoms with Crippen molar-refractivity contribution in [3.8, 4) is 0 Å². The standard InChI is InChI=1S/C14H27N3O/c1-3-4-5-7-16-14(18)11(2)17-9-12-6-8-15-13(12)10-17/h11-13,15H,3-10H2,1-2H3,(H,16,18)/t11?,12-,13+/m0/s1. The van der Waals surface area contributed by atoms with Crippen molar-refractivity contribution in [1.29, 1.82) is 0 Å². The summed E-state index contributed by atoms with van der Waals surface area (Å²) in [5.41, 5.74) is 0. The van der Waals surface area contributed by atoms with E-state index in [0.717, 1.165) is 38.5 Å². The molecule has 3 atom stereocenters. The van der Waals surface area contributed by atoms with Crippen molar-refractivity contribution >= 4 is 5.91 Å². The molecular weight excluding hydrogens is 226 g/mol. The molecule has 18 heavy (non-hydrogen) atoms. The molecule has 2 heterocycles. The van der Waals surface area contributed by atoms with Crippen molar-refractivity contribution in [2.75, 3.05) is 26.2 Å². The van der Waals surface area contributed by atoms with E-state index in [1.54, 1.807) is 0 Å². The Morgan fingerprint density at radius 2 is 2.28 bits per heavy atom. The first-order chi connectivity index (χ1) is 8.72. The zero-order chi connectivity index (χ0) is 13.0. The molecule has 2 N–H and O–H groups in total. The number of hydrogen-bond donors (Lipinski definition) is 2. The van der Waals surface area contributed by atoms with E-state index in [1.165, 1.54) is 19.3 Å². The Hall–Kier alpha value is -0.610. The third kappa shape index (κ3) is 3.23. The third-order valence-electron chi connectivity index (χ3n) is 4.40. The van der Waals surface area contributed by atoms with Crippen molar-refractivity contribution in [3.05, 3.63) is 0 Å². The zero-order valence-corrected chi connectivity index (χ0v) is 11.7. The summed E-state index contributed by atoms with van der Waals surface area (Å²) in [5.74, 6) is 0.964. The van der Waals surface area contributed by atoms with Crippen LogP contribution in [0.15, 0.2) is 0 Å². The van der Waals surface area contributed by atoms with Crippen molar-refractivity contribution in [2.45, 2.75) is 51.6 Å². The minimum atomic E-state index is 0.0269. The van der Waals surface area contributed by atoms with Crippen LogP contribution >= 0.6 is 0 Å². The SMILES string of the molecule is CCCCCNC(=O)C(C)N1C[C@@H]2CCN[C@@H]2C1. The molecule has 0 saturated carbocycles. The number of likely N-dealkylation sites (tertiary alicyclic amines) is 1. The smallest absolute Gasteiger partial charge is 0.237 e. The molecule has 0 aliphatic carbocycles. The van der Waals surface area contributed by atoms with E-state index in [0.29, 0.717) is 6.04 Å². The van der Waals surface area contributed by atoms with Crippen LogP contribution in [0.25, 0.3) is 0 Å². The molecular formula is C14H27N3O. The van der Waals surface area contributed by atoms with E-state index in [9.17, 15) is 4.79 Å². The second kappa shape index (κ2) is 6.53. The summed E-state index contributed by atoms with van der Waals surface area (Å²) in [6, 6.07) is 0.652. The van der Waals surface area contributed by atoms with Crippen LogP contribution in [0.4, 0.5) is 0 Å². The lowest BCUT2D eigenvalue weighted by molar-refractivity contribution is -0.125. The first-order valence-corrected chi connectivity index (χ1v) is 7.47. The topological polar surface area (TPSA) is 44.4 Å². The quantitative estimate of drug-likeness (QED) is 0.694. The van der Waals surface area contributed by atoms with Gasteiger partial charge < -0.3 is 10.6 Å². The molecule has 4 nitrogen and oxygen atoms in total. The second-order valence-corrected chi connectivity index (χ2v) is 5.74. The molecule has 2 fully saturated rings. The average Bonchev–Trinajstić information content (AvgIpc) is 2.94. The molecule has 2 aliphatic rings. The minimum Gasteiger partial charge on any atom is -0.355 e. The molecule has 0 bridgehead atoms. The Morgan fingerprint density at radius 3 is 3.00 bits per heavy atom. The maximum atomic E-state index is 12.0. The van der Waals surface area contributed by atoms with E-state index in [1.807, 2.05) is 6.92 Å². The molecule has 1 unspecified atom stereocenters. The highest BCUT2D eigenvalue weighted by molar-refractivity contribution is 5.81. The van der Waals surface area contributed by atoms with Crippen molar-refractivity contribution in [1.82, 2.24) is 15.5 Å². The largest absolute Gasteiger partial charge is 0.355 e. The average molecular weight is 253 g/mol. The number of amides is 1. The zero-order valence-electron chi connectivity index (χ0n) is 11.7. The number of rotatable bonds is 6. The molecule has 0 radical (unpaired) electrons. The first kappa shape index (κ1) is 13.8. The molecule has 0 aromatic rings. The van der Waals surface area contributed by atoms with Gasteiger partial charge in [-0.05, 0) is 32.2 Å². The molecule has 2 aliphatic heterocycles. The van der Waals surface area contributed by atoms with Crippen LogP contribution in [0.1, 0.15) is 39.5 Å². The Balaban J connectivity index is 1.70. The van der Waals surface area contributed by atoms with Crippen LogP contribution in [0.2, 0.25) is 0 Å². The van der Waals surface area contributed by atoms with Gasteiger partial charge in [-0.2, -0.15) is 0 Å². The number of fused-ring (bicyclic) bond motifs is 1. The van der Waals surface area contributed by atoms with Gasteiger partial charge in [0.15, 0.2) is 0 Å². The van der Waals surface area contributed by atoms with Gasteiger partial charge in [0.1, 0.15) is 0 Å². The summed E-state index contributed by atoms with van der Waals surface area (Å²) >= 11 is 0. The fourth-order valence-electron chi connectivity index (χ4n) is 3.10. The molecule has 0 aromatic heterocycles. The highest BCUT2D eigenvalue weighted by Gasteiger charge is 2.38. The van der Waals surface area contributed by atoms with Crippen molar-refractivity contribution < 1.29 is 4.79 Å². The number of nitrogens with one attached hydrogen (secondary N) is 2. The highest BCUT2D eigenvalue weighted by Crippen LogP contribution is 2.25. The summed E-state index contributed by atoms with van der Waals surface area (Å²) in [6.07, 6.45) is 4.77. The van der Waals surface area contributed by atoms with Gasteiger partial charge in [0.25, 0.3) is 0 Å². The van der Waals surface area contributed by atoms with Crippen LogP contribution in [-0.4, -0.2) is 49.1 Å². The van der Waals surface area contributed by atoms with Gasteiger partial charge in [-0.15, -0.1) is 0 Å². The second-order valence-electron chi connectivity index (χ2n) is 5.74. The van der Waals surface area contributed by atoms with Gasteiger partial charge in [0.05, 0.1) is 6.04 Å². The lowest BCUT2D eigenvalue weighted by Gasteiger charge is -2.24. The van der Waals surface area contributed by atoms with Gasteiger partial charge >= 0.3 is 0 Å². The summed E-state index contributed by atoms with van der Waals surface area (Å²) < 4.78 is 0. The van der Waals surface area contributed by atoms with Crippen molar-refractivity contribution in [2.24, 2.45) is 5.92 Å². The molecule has 0 spiro atoms. The number of carbonyl (C=O) groups is 1. The van der Waals surface area contributed by atoms with Crippen LogP contribution in [0.3, 0.4) is 0 Å². The van der Waals surface area contributed by atoms with Gasteiger partial charge in [0.2, 0.25) is 5.91 Å². The third-order valence-corrected chi connectivity index (χ3v) is 4.40. The Labute approximate surface area is 110 Å². The van der Waals surface area contributed by atoms with Crippen LogP contribution in [0, 0.1) is 5.92 Å². The van der Waals surface area contributed by atoms with Gasteiger partial charge in [-0.3, -0.25) is 9.69 Å². The van der Waals surface area contributed by atoms with E-state index >= 15 is 0 Å². The molecule has 2 rings (SSSR count). The number of hydrogen-bond acceptors (Lipinski definition) is 3. The molecule has 0 aromatic carbocycles. The summed E-state index contributed by atoms with van der Waals surface area (Å²) in [5, 5.41) is 6.59. The van der Waals surface area contributed by atoms with E-state index in [4.69, 9.17) is 0 Å². The maximum Gasteiger partial charge on any atom is 0.237 e. The van der Waals surface area contributed by atoms with E-state index in [-0.39, 0.29) is 11.9 Å². The Kier molecular flexibility index (Phi) is 5.01. The molecule has 4 heteroatoms. The normalized spacial score (nSPS) is 29.2. The number of unbranched alkanes of at least 4 members (excludes halogenated alkanes) is 2. The predicted octanol–water partition coefficient (Wildman–Crippen LogP) is 0.975. The first-order valence-electron chi connectivity index (χ1n) is 7.47. The van der Waals surface area contributed by atoms with Crippen LogP contribution in [0.5, 0.6) is 0 Å². The van der Waals surface area contributed by atoms with E-state index < -0.39 is 0 Å². The predicted molar refractivity (Wildman–Crippen MR) is 73.5 cm³/mol. The Bertz CT molecular complexity index is 270. The number of nitrogens with zero attached hydrogens (tertiary/aromatic N) is 1. The van der Waals surface area contributed by atoms with Gasteiger partial charge in [-0.25, -0.2) is 0 Å². The van der Waals surface area contributed by atoms with Crippen LogP contribution in [-0.2, 0) is 4.79 Å². The fourth-order valence-corrected chi connectivity index (χ4v) is 3.10. The lowest BCUT2D eigenvalue weighted by Crippen LogP contribution is -2.45. The van der Waals surface area contributed by atoms with Gasteiger partial charge in [-0.1, -0.05) is 19.8 Å².